The molecule has 0 aliphatic rings. The molecule has 0 saturated carbocycles. The summed E-state index contributed by atoms with van der Waals surface area (Å²) < 4.78 is 51.2. The zero-order valence-electron chi connectivity index (χ0n) is 14.1. The van der Waals surface area contributed by atoms with Gasteiger partial charge in [-0.15, -0.1) is 0 Å². The van der Waals surface area contributed by atoms with E-state index in [2.05, 4.69) is 10.6 Å². The number of hydrogen-bond donors (Lipinski definition) is 2. The number of rotatable bonds is 6. The monoisotopic (exact) mass is 385 g/mol. The first kappa shape index (κ1) is 20.1. The maximum atomic E-state index is 13.2. The van der Waals surface area contributed by atoms with E-state index in [4.69, 9.17) is 0 Å². The minimum absolute atomic E-state index is 0.0631. The number of alkyl halides is 3. The second-order valence-corrected chi connectivity index (χ2v) is 5.67. The molecule has 0 aliphatic carbocycles. The van der Waals surface area contributed by atoms with Crippen LogP contribution in [0.3, 0.4) is 0 Å². The lowest BCUT2D eigenvalue weighted by molar-refractivity contribution is -0.384. The second kappa shape index (κ2) is 8.02. The van der Waals surface area contributed by atoms with Gasteiger partial charge in [0.15, 0.2) is 0 Å². The van der Waals surface area contributed by atoms with Gasteiger partial charge in [0.25, 0.3) is 5.69 Å². The lowest BCUT2D eigenvalue weighted by atomic mass is 10.1. The van der Waals surface area contributed by atoms with Gasteiger partial charge in [0.2, 0.25) is 5.91 Å². The summed E-state index contributed by atoms with van der Waals surface area (Å²) in [5.41, 5.74) is -1.08. The van der Waals surface area contributed by atoms with Crippen molar-refractivity contribution in [3.63, 3.8) is 0 Å². The highest BCUT2D eigenvalue weighted by molar-refractivity contribution is 5.91. The Morgan fingerprint density at radius 3 is 2.48 bits per heavy atom. The molecule has 0 saturated heterocycles. The maximum absolute atomic E-state index is 13.2. The van der Waals surface area contributed by atoms with Crippen LogP contribution in [0.4, 0.5) is 34.6 Å². The summed E-state index contributed by atoms with van der Waals surface area (Å²) in [6.07, 6.45) is -4.83. The predicted octanol–water partition coefficient (Wildman–Crippen LogP) is 4.50. The van der Waals surface area contributed by atoms with E-state index in [1.807, 2.05) is 0 Å². The number of nitrogens with one attached hydrogen (secondary N) is 2. The fourth-order valence-corrected chi connectivity index (χ4v) is 2.26. The summed E-state index contributed by atoms with van der Waals surface area (Å²) in [6.45, 7) is 1.62. The Hall–Kier alpha value is -3.17. The van der Waals surface area contributed by atoms with Crippen LogP contribution < -0.4 is 10.6 Å². The Balaban J connectivity index is 2.01. The number of benzene rings is 2. The third-order valence-corrected chi connectivity index (χ3v) is 3.66. The van der Waals surface area contributed by atoms with Crippen molar-refractivity contribution in [3.05, 3.63) is 63.5 Å². The van der Waals surface area contributed by atoms with E-state index in [0.717, 1.165) is 12.1 Å². The highest BCUT2D eigenvalue weighted by atomic mass is 19.4. The van der Waals surface area contributed by atoms with Gasteiger partial charge in [0.1, 0.15) is 11.5 Å². The van der Waals surface area contributed by atoms with Crippen LogP contribution in [-0.2, 0) is 11.0 Å². The van der Waals surface area contributed by atoms with E-state index in [1.54, 1.807) is 6.92 Å². The van der Waals surface area contributed by atoms with E-state index >= 15 is 0 Å². The van der Waals surface area contributed by atoms with E-state index in [1.165, 1.54) is 12.1 Å². The molecule has 0 atom stereocenters. The summed E-state index contributed by atoms with van der Waals surface area (Å²) in [7, 11) is 0. The van der Waals surface area contributed by atoms with Crippen molar-refractivity contribution in [3.8, 4) is 0 Å². The molecule has 0 fully saturated rings. The molecule has 0 heterocycles. The lowest BCUT2D eigenvalue weighted by Gasteiger charge is -2.11. The Bertz CT molecular complexity index is 869. The molecule has 0 aliphatic heterocycles. The number of carbonyl (C=O) groups is 1. The molecule has 2 N–H and O–H groups in total. The van der Waals surface area contributed by atoms with Crippen LogP contribution in [0.25, 0.3) is 0 Å². The molecule has 2 aromatic rings. The molecule has 0 bridgehead atoms. The van der Waals surface area contributed by atoms with Gasteiger partial charge in [-0.3, -0.25) is 14.9 Å². The number of nitrogens with zero attached hydrogens (tertiary/aromatic N) is 1. The first-order chi connectivity index (χ1) is 12.6. The summed E-state index contributed by atoms with van der Waals surface area (Å²) in [5.74, 6) is -1.000. The number of amides is 1. The zero-order chi connectivity index (χ0) is 20.2. The van der Waals surface area contributed by atoms with Crippen molar-refractivity contribution in [2.24, 2.45) is 0 Å². The molecule has 144 valence electrons. The van der Waals surface area contributed by atoms with Crippen molar-refractivity contribution >= 4 is 23.0 Å². The Labute approximate surface area is 151 Å². The number of carbonyl (C=O) groups excluding carboxylic acids is 1. The van der Waals surface area contributed by atoms with Gasteiger partial charge >= 0.3 is 6.18 Å². The van der Waals surface area contributed by atoms with Crippen LogP contribution >= 0.6 is 0 Å². The van der Waals surface area contributed by atoms with Crippen molar-refractivity contribution in [1.29, 1.82) is 0 Å². The van der Waals surface area contributed by atoms with Gasteiger partial charge in [-0.1, -0.05) is 6.07 Å². The summed E-state index contributed by atoms with van der Waals surface area (Å²) >= 11 is 0. The number of nitro groups is 1. The molecule has 0 spiro atoms. The van der Waals surface area contributed by atoms with Gasteiger partial charge in [0.05, 0.1) is 10.5 Å². The largest absolute Gasteiger partial charge is 0.416 e. The highest BCUT2D eigenvalue weighted by Crippen LogP contribution is 2.34. The van der Waals surface area contributed by atoms with Crippen LogP contribution in [0.5, 0.6) is 0 Å². The number of halogens is 4. The Morgan fingerprint density at radius 1 is 1.15 bits per heavy atom. The minimum atomic E-state index is -4.70. The van der Waals surface area contributed by atoms with E-state index < -0.39 is 34.1 Å². The summed E-state index contributed by atoms with van der Waals surface area (Å²) in [5, 5.41) is 16.1. The fourth-order valence-electron chi connectivity index (χ4n) is 2.26. The topological polar surface area (TPSA) is 84.3 Å². The molecule has 27 heavy (non-hydrogen) atoms. The number of anilines is 2. The molecule has 0 aromatic heterocycles. The first-order valence-electron chi connectivity index (χ1n) is 7.73. The van der Waals surface area contributed by atoms with Gasteiger partial charge in [0, 0.05) is 24.7 Å². The first-order valence-corrected chi connectivity index (χ1v) is 7.73. The SMILES string of the molecule is Cc1ccc(F)cc1NC(=O)CCNc1ccc(C(F)(F)F)cc1[N+](=O)[O-]. The van der Waals surface area contributed by atoms with Crippen molar-refractivity contribution in [2.45, 2.75) is 19.5 Å². The maximum Gasteiger partial charge on any atom is 0.416 e. The normalized spacial score (nSPS) is 11.1. The van der Waals surface area contributed by atoms with Gasteiger partial charge in [-0.05, 0) is 36.8 Å². The van der Waals surface area contributed by atoms with Crippen molar-refractivity contribution in [2.75, 3.05) is 17.2 Å². The van der Waals surface area contributed by atoms with Crippen LogP contribution in [-0.4, -0.2) is 17.4 Å². The number of hydrogen-bond acceptors (Lipinski definition) is 4. The molecular formula is C17H15F4N3O3. The van der Waals surface area contributed by atoms with Crippen LogP contribution in [0.15, 0.2) is 36.4 Å². The number of nitro benzene ring substituents is 1. The molecule has 6 nitrogen and oxygen atoms in total. The average molecular weight is 385 g/mol. The molecule has 1 amide bonds. The van der Waals surface area contributed by atoms with E-state index in [9.17, 15) is 32.5 Å². The van der Waals surface area contributed by atoms with Gasteiger partial charge in [-0.2, -0.15) is 13.2 Å². The van der Waals surface area contributed by atoms with Crippen LogP contribution in [0.2, 0.25) is 0 Å². The van der Waals surface area contributed by atoms with Crippen molar-refractivity contribution < 1.29 is 27.3 Å². The summed E-state index contributed by atoms with van der Waals surface area (Å²) in [4.78, 5) is 22.0. The molecular weight excluding hydrogens is 370 g/mol. The molecule has 0 radical (unpaired) electrons. The standard InChI is InChI=1S/C17H15F4N3O3/c1-10-2-4-12(18)9-14(10)23-16(25)6-7-22-13-5-3-11(17(19,20)21)8-15(13)24(26)27/h2-5,8-9,22H,6-7H2,1H3,(H,23,25). The van der Waals surface area contributed by atoms with E-state index in [0.29, 0.717) is 23.4 Å². The smallest absolute Gasteiger partial charge is 0.379 e. The minimum Gasteiger partial charge on any atom is -0.379 e. The van der Waals surface area contributed by atoms with Crippen LogP contribution in [0.1, 0.15) is 17.5 Å². The Kier molecular flexibility index (Phi) is 5.98. The Morgan fingerprint density at radius 2 is 1.85 bits per heavy atom. The number of aryl methyl sites for hydroxylation is 1. The summed E-state index contributed by atoms with van der Waals surface area (Å²) in [6, 6.07) is 5.98. The fraction of sp³-hybridized carbons (Fsp3) is 0.235. The van der Waals surface area contributed by atoms with Gasteiger partial charge < -0.3 is 10.6 Å². The zero-order valence-corrected chi connectivity index (χ0v) is 14.1. The molecule has 10 heteroatoms. The third-order valence-electron chi connectivity index (χ3n) is 3.66. The molecule has 2 rings (SSSR count). The van der Waals surface area contributed by atoms with E-state index in [-0.39, 0.29) is 18.7 Å². The lowest BCUT2D eigenvalue weighted by Crippen LogP contribution is -2.17. The quantitative estimate of drug-likeness (QED) is 0.436. The molecule has 0 unspecified atom stereocenters. The van der Waals surface area contributed by atoms with Crippen LogP contribution in [0, 0.1) is 22.9 Å². The highest BCUT2D eigenvalue weighted by Gasteiger charge is 2.33. The average Bonchev–Trinajstić information content (AvgIpc) is 2.57. The molecule has 2 aromatic carbocycles. The van der Waals surface area contributed by atoms with Gasteiger partial charge in [-0.25, -0.2) is 4.39 Å². The predicted molar refractivity (Wildman–Crippen MR) is 91.0 cm³/mol. The third kappa shape index (κ3) is 5.40. The van der Waals surface area contributed by atoms with Crippen molar-refractivity contribution in [1.82, 2.24) is 0 Å². The second-order valence-electron chi connectivity index (χ2n) is 5.67.